The highest BCUT2D eigenvalue weighted by Crippen LogP contribution is 2.27. The minimum atomic E-state index is -0.127. The van der Waals surface area contributed by atoms with Gasteiger partial charge >= 0.3 is 0 Å². The fraction of sp³-hybridized carbons (Fsp3) is 0.190. The molecular formula is C21H19N3O2S. The average Bonchev–Trinajstić information content (AvgIpc) is 3.12. The number of hydrogen-bond acceptors (Lipinski definition) is 5. The molecule has 2 aromatic carbocycles. The van der Waals surface area contributed by atoms with Gasteiger partial charge in [-0.2, -0.15) is 0 Å². The van der Waals surface area contributed by atoms with Crippen molar-refractivity contribution in [1.82, 2.24) is 14.7 Å². The Balaban J connectivity index is 1.81. The summed E-state index contributed by atoms with van der Waals surface area (Å²) >= 11 is 1.49. The normalized spacial score (nSPS) is 12.4. The summed E-state index contributed by atoms with van der Waals surface area (Å²) in [6.07, 6.45) is 0. The second kappa shape index (κ2) is 7.40. The van der Waals surface area contributed by atoms with E-state index in [0.29, 0.717) is 21.8 Å². The number of rotatable bonds is 5. The molecule has 2 aromatic heterocycles. The predicted molar refractivity (Wildman–Crippen MR) is 107 cm³/mol. The maximum Gasteiger partial charge on any atom is 0.262 e. The minimum Gasteiger partial charge on any atom is -0.361 e. The number of hydrogen-bond donors (Lipinski definition) is 0. The van der Waals surface area contributed by atoms with E-state index in [1.807, 2.05) is 74.5 Å². The third-order valence-electron chi connectivity index (χ3n) is 4.47. The van der Waals surface area contributed by atoms with Gasteiger partial charge < -0.3 is 4.52 Å². The molecule has 0 saturated heterocycles. The van der Waals surface area contributed by atoms with E-state index in [1.165, 1.54) is 11.8 Å². The van der Waals surface area contributed by atoms with E-state index in [9.17, 15) is 4.79 Å². The van der Waals surface area contributed by atoms with Crippen LogP contribution in [-0.2, 0) is 5.75 Å². The predicted octanol–water partition coefficient (Wildman–Crippen LogP) is 4.59. The highest BCUT2D eigenvalue weighted by molar-refractivity contribution is 7.98. The van der Waals surface area contributed by atoms with Crippen molar-refractivity contribution in [1.29, 1.82) is 0 Å². The Morgan fingerprint density at radius 1 is 1.11 bits per heavy atom. The Kier molecular flexibility index (Phi) is 4.81. The van der Waals surface area contributed by atoms with E-state index in [1.54, 1.807) is 4.57 Å². The first-order valence-corrected chi connectivity index (χ1v) is 9.73. The first-order valence-electron chi connectivity index (χ1n) is 8.74. The van der Waals surface area contributed by atoms with Crippen molar-refractivity contribution in [2.45, 2.75) is 30.8 Å². The zero-order valence-electron chi connectivity index (χ0n) is 15.1. The van der Waals surface area contributed by atoms with Crippen molar-refractivity contribution in [2.75, 3.05) is 0 Å². The lowest BCUT2D eigenvalue weighted by molar-refractivity contribution is 0.393. The number of benzene rings is 2. The zero-order valence-corrected chi connectivity index (χ0v) is 15.9. The number of para-hydroxylation sites is 1. The summed E-state index contributed by atoms with van der Waals surface area (Å²) in [5.74, 6) is 1.36. The average molecular weight is 377 g/mol. The molecule has 0 N–H and O–H groups in total. The van der Waals surface area contributed by atoms with Crippen molar-refractivity contribution in [3.05, 3.63) is 88.0 Å². The Morgan fingerprint density at radius 3 is 2.59 bits per heavy atom. The summed E-state index contributed by atoms with van der Waals surface area (Å²) in [5, 5.41) is 5.34. The molecule has 6 heteroatoms. The first kappa shape index (κ1) is 17.5. The van der Waals surface area contributed by atoms with Crippen molar-refractivity contribution < 1.29 is 4.52 Å². The summed E-state index contributed by atoms with van der Waals surface area (Å²) in [7, 11) is 0. The summed E-state index contributed by atoms with van der Waals surface area (Å²) in [5.41, 5.74) is 2.57. The van der Waals surface area contributed by atoms with Gasteiger partial charge in [0, 0.05) is 11.8 Å². The van der Waals surface area contributed by atoms with Crippen molar-refractivity contribution in [3.8, 4) is 0 Å². The molecular weight excluding hydrogens is 358 g/mol. The molecule has 0 aliphatic carbocycles. The van der Waals surface area contributed by atoms with E-state index >= 15 is 0 Å². The topological polar surface area (TPSA) is 60.9 Å². The molecule has 5 nitrogen and oxygen atoms in total. The van der Waals surface area contributed by atoms with E-state index in [2.05, 4.69) is 5.16 Å². The molecule has 0 unspecified atom stereocenters. The van der Waals surface area contributed by atoms with E-state index in [4.69, 9.17) is 9.51 Å². The Morgan fingerprint density at radius 2 is 1.85 bits per heavy atom. The highest BCUT2D eigenvalue weighted by Gasteiger charge is 2.18. The largest absolute Gasteiger partial charge is 0.361 e. The van der Waals surface area contributed by atoms with Crippen molar-refractivity contribution in [3.63, 3.8) is 0 Å². The Bertz CT molecular complexity index is 1140. The van der Waals surface area contributed by atoms with Gasteiger partial charge in [-0.15, -0.1) is 0 Å². The number of thioether (sulfide) groups is 1. The van der Waals surface area contributed by atoms with Gasteiger partial charge in [0.1, 0.15) is 5.76 Å². The third-order valence-corrected chi connectivity index (χ3v) is 5.46. The van der Waals surface area contributed by atoms with Gasteiger partial charge in [-0.1, -0.05) is 59.4 Å². The number of aromatic nitrogens is 3. The number of fused-ring (bicyclic) bond motifs is 1. The molecule has 136 valence electrons. The fourth-order valence-electron chi connectivity index (χ4n) is 3.07. The van der Waals surface area contributed by atoms with Crippen molar-refractivity contribution >= 4 is 22.7 Å². The molecule has 4 aromatic rings. The molecule has 0 saturated carbocycles. The van der Waals surface area contributed by atoms with E-state index < -0.39 is 0 Å². The Hall–Kier alpha value is -2.86. The number of nitrogens with zero attached hydrogens (tertiary/aromatic N) is 3. The molecule has 0 bridgehead atoms. The van der Waals surface area contributed by atoms with Gasteiger partial charge in [-0.3, -0.25) is 9.36 Å². The van der Waals surface area contributed by atoms with Gasteiger partial charge in [0.05, 0.1) is 22.6 Å². The van der Waals surface area contributed by atoms with Crippen molar-refractivity contribution in [2.24, 2.45) is 0 Å². The molecule has 0 spiro atoms. The summed E-state index contributed by atoms with van der Waals surface area (Å²) in [6.45, 7) is 3.89. The van der Waals surface area contributed by atoms with Crippen LogP contribution in [0.2, 0.25) is 0 Å². The summed E-state index contributed by atoms with van der Waals surface area (Å²) < 4.78 is 6.91. The monoisotopic (exact) mass is 377 g/mol. The van der Waals surface area contributed by atoms with E-state index in [-0.39, 0.29) is 11.6 Å². The first-order chi connectivity index (χ1) is 13.1. The molecule has 0 amide bonds. The molecule has 4 rings (SSSR count). The van der Waals surface area contributed by atoms with Gasteiger partial charge in [-0.05, 0) is 31.5 Å². The van der Waals surface area contributed by atoms with Crippen LogP contribution >= 0.6 is 11.8 Å². The van der Waals surface area contributed by atoms with Gasteiger partial charge in [-0.25, -0.2) is 4.98 Å². The van der Waals surface area contributed by atoms with Gasteiger partial charge in [0.2, 0.25) is 0 Å². The van der Waals surface area contributed by atoms with Gasteiger partial charge in [0.25, 0.3) is 5.56 Å². The lowest BCUT2D eigenvalue weighted by atomic mass is 10.1. The van der Waals surface area contributed by atoms with Gasteiger partial charge in [0.15, 0.2) is 5.16 Å². The molecule has 0 fully saturated rings. The number of aryl methyl sites for hydroxylation is 1. The Labute approximate surface area is 161 Å². The van der Waals surface area contributed by atoms with E-state index in [0.717, 1.165) is 17.0 Å². The SMILES string of the molecule is Cc1cc(CSc2nc3ccccc3c(=O)n2[C@@H](C)c2ccccc2)no1. The smallest absolute Gasteiger partial charge is 0.262 e. The second-order valence-electron chi connectivity index (χ2n) is 6.39. The molecule has 0 radical (unpaired) electrons. The van der Waals surface area contributed by atoms with Crippen LogP contribution in [0.1, 0.15) is 30.0 Å². The minimum absolute atomic E-state index is 0.0317. The van der Waals surface area contributed by atoms with Crippen LogP contribution in [0.5, 0.6) is 0 Å². The molecule has 27 heavy (non-hydrogen) atoms. The molecule has 0 aliphatic heterocycles. The molecule has 0 aliphatic rings. The van der Waals surface area contributed by atoms with Crippen LogP contribution in [0.4, 0.5) is 0 Å². The third kappa shape index (κ3) is 3.53. The van der Waals surface area contributed by atoms with Crippen LogP contribution in [0, 0.1) is 6.92 Å². The summed E-state index contributed by atoms with van der Waals surface area (Å²) in [6, 6.07) is 19.2. The standard InChI is InChI=1S/C21H19N3O2S/c1-14-12-17(23-26-14)13-27-21-22-19-11-7-6-10-18(19)20(25)24(21)15(2)16-8-4-3-5-9-16/h3-12,15H,13H2,1-2H3/t15-/m0/s1. The van der Waals surface area contributed by atoms with Crippen LogP contribution in [0.25, 0.3) is 10.9 Å². The highest BCUT2D eigenvalue weighted by atomic mass is 32.2. The lowest BCUT2D eigenvalue weighted by Crippen LogP contribution is -2.27. The lowest BCUT2D eigenvalue weighted by Gasteiger charge is -2.19. The maximum absolute atomic E-state index is 13.3. The summed E-state index contributed by atoms with van der Waals surface area (Å²) in [4.78, 5) is 18.0. The maximum atomic E-state index is 13.3. The molecule has 2 heterocycles. The quantitative estimate of drug-likeness (QED) is 0.376. The van der Waals surface area contributed by atoms with Crippen LogP contribution in [0.3, 0.4) is 0 Å². The molecule has 1 atom stereocenters. The van der Waals surface area contributed by atoms with Crippen LogP contribution < -0.4 is 5.56 Å². The second-order valence-corrected chi connectivity index (χ2v) is 7.33. The van der Waals surface area contributed by atoms with Crippen LogP contribution in [0.15, 0.2) is 75.1 Å². The fourth-order valence-corrected chi connectivity index (χ4v) is 4.03. The van der Waals surface area contributed by atoms with Crippen LogP contribution in [-0.4, -0.2) is 14.7 Å². The zero-order chi connectivity index (χ0) is 18.8.